The Morgan fingerprint density at radius 1 is 1.31 bits per heavy atom. The molecule has 0 radical (unpaired) electrons. The van der Waals surface area contributed by atoms with E-state index >= 15 is 0 Å². The summed E-state index contributed by atoms with van der Waals surface area (Å²) in [6, 6.07) is 0.400. The van der Waals surface area contributed by atoms with Gasteiger partial charge in [-0.05, 0) is 31.4 Å². The lowest BCUT2D eigenvalue weighted by Crippen LogP contribution is -2.36. The van der Waals surface area contributed by atoms with Gasteiger partial charge in [0.15, 0.2) is 0 Å². The monoisotopic (exact) mass is 203 g/mol. The molecule has 0 saturated heterocycles. The highest BCUT2D eigenvalue weighted by atomic mass is 35.5. The second-order valence-corrected chi connectivity index (χ2v) is 4.01. The Hall–Kier alpha value is -0.240. The maximum Gasteiger partial charge on any atom is 0.316 e. The molecule has 0 heterocycles. The van der Waals surface area contributed by atoms with Gasteiger partial charge in [-0.2, -0.15) is 0 Å². The van der Waals surface area contributed by atoms with E-state index in [4.69, 9.17) is 11.6 Å². The lowest BCUT2D eigenvalue weighted by molar-refractivity contribution is 0.194. The number of hydrogen-bond donors (Lipinski definition) is 0. The molecule has 0 aliphatic heterocycles. The zero-order chi connectivity index (χ0) is 9.68. The molecule has 1 saturated carbocycles. The fraction of sp³-hybridized carbons (Fsp3) is 0.900. The minimum Gasteiger partial charge on any atom is -0.327 e. The van der Waals surface area contributed by atoms with E-state index in [9.17, 15) is 4.79 Å². The van der Waals surface area contributed by atoms with Crippen molar-refractivity contribution < 1.29 is 4.79 Å². The molecule has 1 amide bonds. The van der Waals surface area contributed by atoms with E-state index in [0.717, 1.165) is 19.4 Å². The van der Waals surface area contributed by atoms with Crippen molar-refractivity contribution in [1.82, 2.24) is 4.90 Å². The zero-order valence-electron chi connectivity index (χ0n) is 8.26. The van der Waals surface area contributed by atoms with E-state index in [-0.39, 0.29) is 5.37 Å². The van der Waals surface area contributed by atoms with Gasteiger partial charge in [0, 0.05) is 12.6 Å². The molecule has 0 atom stereocenters. The highest BCUT2D eigenvalue weighted by Crippen LogP contribution is 2.22. The summed E-state index contributed by atoms with van der Waals surface area (Å²) in [4.78, 5) is 12.9. The number of amides is 1. The number of halogens is 1. The molecule has 1 fully saturated rings. The van der Waals surface area contributed by atoms with Crippen LogP contribution in [0.5, 0.6) is 0 Å². The van der Waals surface area contributed by atoms with E-state index in [1.165, 1.54) is 25.7 Å². The van der Waals surface area contributed by atoms with Crippen LogP contribution in [0, 0.1) is 0 Å². The molecule has 0 aromatic rings. The molecule has 13 heavy (non-hydrogen) atoms. The predicted octanol–water partition coefficient (Wildman–Crippen LogP) is 3.39. The third kappa shape index (κ3) is 3.18. The van der Waals surface area contributed by atoms with E-state index in [1.54, 1.807) is 4.90 Å². The Kier molecular flexibility index (Phi) is 4.57. The Bertz CT molecular complexity index is 164. The van der Waals surface area contributed by atoms with Crippen molar-refractivity contribution in [3.63, 3.8) is 0 Å². The molecule has 1 rings (SSSR count). The molecule has 0 unspecified atom stereocenters. The zero-order valence-corrected chi connectivity index (χ0v) is 9.02. The molecule has 76 valence electrons. The molecular weight excluding hydrogens is 186 g/mol. The van der Waals surface area contributed by atoms with Crippen LogP contribution >= 0.6 is 11.6 Å². The third-order valence-electron chi connectivity index (χ3n) is 2.83. The lowest BCUT2D eigenvalue weighted by Gasteiger charge is -2.27. The predicted molar refractivity (Wildman–Crippen MR) is 55.1 cm³/mol. The van der Waals surface area contributed by atoms with Crippen molar-refractivity contribution in [2.45, 2.75) is 51.5 Å². The summed E-state index contributed by atoms with van der Waals surface area (Å²) in [6.07, 6.45) is 7.37. The second-order valence-electron chi connectivity index (χ2n) is 3.68. The summed E-state index contributed by atoms with van der Waals surface area (Å²) in [6.45, 7) is 2.73. The van der Waals surface area contributed by atoms with E-state index < -0.39 is 0 Å². The van der Waals surface area contributed by atoms with Gasteiger partial charge in [0.05, 0.1) is 0 Å². The molecule has 0 aromatic carbocycles. The Morgan fingerprint density at radius 2 is 1.85 bits per heavy atom. The molecule has 0 N–H and O–H groups in total. The first kappa shape index (κ1) is 10.8. The summed E-state index contributed by atoms with van der Waals surface area (Å²) in [5, 5.41) is -0.283. The van der Waals surface area contributed by atoms with Gasteiger partial charge in [0.25, 0.3) is 0 Å². The van der Waals surface area contributed by atoms with Crippen LogP contribution in [-0.4, -0.2) is 22.9 Å². The van der Waals surface area contributed by atoms with Gasteiger partial charge in [-0.1, -0.05) is 25.7 Å². The topological polar surface area (TPSA) is 20.3 Å². The largest absolute Gasteiger partial charge is 0.327 e. The molecule has 0 spiro atoms. The number of nitrogens with zero attached hydrogens (tertiary/aromatic N) is 1. The number of carbonyl (C=O) groups is 1. The normalized spacial score (nSPS) is 19.5. The lowest BCUT2D eigenvalue weighted by atomic mass is 10.1. The first-order valence-corrected chi connectivity index (χ1v) is 5.59. The Balaban J connectivity index is 2.50. The number of carbonyl (C=O) groups excluding carboxylic acids is 1. The van der Waals surface area contributed by atoms with Crippen molar-refractivity contribution >= 4 is 17.0 Å². The molecule has 3 heteroatoms. The minimum atomic E-state index is -0.283. The molecular formula is C10H18ClNO. The highest BCUT2D eigenvalue weighted by Gasteiger charge is 2.21. The average molecular weight is 204 g/mol. The van der Waals surface area contributed by atoms with E-state index in [0.29, 0.717) is 6.04 Å². The fourth-order valence-corrected chi connectivity index (χ4v) is 2.35. The van der Waals surface area contributed by atoms with Crippen LogP contribution in [0.2, 0.25) is 0 Å². The van der Waals surface area contributed by atoms with Crippen molar-refractivity contribution in [3.05, 3.63) is 0 Å². The molecule has 2 nitrogen and oxygen atoms in total. The van der Waals surface area contributed by atoms with Crippen LogP contribution in [0.3, 0.4) is 0 Å². The van der Waals surface area contributed by atoms with Crippen LogP contribution in [-0.2, 0) is 0 Å². The summed E-state index contributed by atoms with van der Waals surface area (Å²) in [5.41, 5.74) is 0. The summed E-state index contributed by atoms with van der Waals surface area (Å²) < 4.78 is 0. The standard InChI is InChI=1S/C10H18ClNO/c1-2-12(10(11)13)9-7-5-3-4-6-8-9/h9H,2-8H2,1H3. The average Bonchev–Trinajstić information content (AvgIpc) is 2.33. The van der Waals surface area contributed by atoms with Crippen LogP contribution in [0.1, 0.15) is 45.4 Å². The van der Waals surface area contributed by atoms with Crippen LogP contribution in [0.15, 0.2) is 0 Å². The summed E-state index contributed by atoms with van der Waals surface area (Å²) >= 11 is 5.52. The molecule has 1 aliphatic rings. The van der Waals surface area contributed by atoms with Crippen molar-refractivity contribution in [2.75, 3.05) is 6.54 Å². The van der Waals surface area contributed by atoms with Gasteiger partial charge in [-0.15, -0.1) is 0 Å². The fourth-order valence-electron chi connectivity index (χ4n) is 2.10. The molecule has 0 aromatic heterocycles. The van der Waals surface area contributed by atoms with Crippen molar-refractivity contribution in [1.29, 1.82) is 0 Å². The van der Waals surface area contributed by atoms with Gasteiger partial charge >= 0.3 is 5.37 Å². The van der Waals surface area contributed by atoms with Gasteiger partial charge in [-0.3, -0.25) is 4.79 Å². The quantitative estimate of drug-likeness (QED) is 0.383. The minimum absolute atomic E-state index is 0.283. The first-order chi connectivity index (χ1) is 6.25. The third-order valence-corrected chi connectivity index (χ3v) is 3.05. The van der Waals surface area contributed by atoms with Crippen molar-refractivity contribution in [2.24, 2.45) is 0 Å². The summed E-state index contributed by atoms with van der Waals surface area (Å²) in [5.74, 6) is 0. The van der Waals surface area contributed by atoms with Crippen LogP contribution < -0.4 is 0 Å². The number of hydrogen-bond acceptors (Lipinski definition) is 1. The van der Waals surface area contributed by atoms with Gasteiger partial charge in [0.1, 0.15) is 0 Å². The van der Waals surface area contributed by atoms with Gasteiger partial charge in [-0.25, -0.2) is 0 Å². The Labute approximate surface area is 85.2 Å². The van der Waals surface area contributed by atoms with E-state index in [2.05, 4.69) is 0 Å². The second kappa shape index (κ2) is 5.48. The molecule has 0 bridgehead atoms. The van der Waals surface area contributed by atoms with Gasteiger partial charge < -0.3 is 4.90 Å². The van der Waals surface area contributed by atoms with Crippen molar-refractivity contribution in [3.8, 4) is 0 Å². The Morgan fingerprint density at radius 3 is 2.23 bits per heavy atom. The number of rotatable bonds is 2. The first-order valence-electron chi connectivity index (χ1n) is 5.21. The maximum atomic E-state index is 11.1. The molecule has 1 aliphatic carbocycles. The van der Waals surface area contributed by atoms with Crippen LogP contribution in [0.4, 0.5) is 4.79 Å². The van der Waals surface area contributed by atoms with Crippen LogP contribution in [0.25, 0.3) is 0 Å². The van der Waals surface area contributed by atoms with Gasteiger partial charge in [0.2, 0.25) is 0 Å². The maximum absolute atomic E-state index is 11.1. The smallest absolute Gasteiger partial charge is 0.316 e. The highest BCUT2D eigenvalue weighted by molar-refractivity contribution is 6.62. The van der Waals surface area contributed by atoms with E-state index in [1.807, 2.05) is 6.92 Å². The SMILES string of the molecule is CCN(C(=O)Cl)C1CCCCCC1. The summed E-state index contributed by atoms with van der Waals surface area (Å²) in [7, 11) is 0.